The predicted octanol–water partition coefficient (Wildman–Crippen LogP) is 1.56. The standard InChI is InChI=1S/C28H49N5O2/c1-20(2)25-17-23(21(3)16-24(25)19-31-28(35)22-7-10-29-11-8-22)18-27(34)33-14-12-32(13-15-33)26-6-4-5-9-30-26/h16,20,22-26,29-30H,4-15,17-19H2,1-3H3,(H,31,35)/p+1. The Hall–Kier alpha value is -1.44. The van der Waals surface area contributed by atoms with Crippen LogP contribution >= 0.6 is 0 Å². The highest BCUT2D eigenvalue weighted by atomic mass is 16.2. The maximum atomic E-state index is 13.3. The van der Waals surface area contributed by atoms with Gasteiger partial charge in [-0.15, -0.1) is 0 Å². The van der Waals surface area contributed by atoms with Crippen molar-refractivity contribution < 1.29 is 14.9 Å². The quantitative estimate of drug-likeness (QED) is 0.475. The van der Waals surface area contributed by atoms with E-state index in [-0.39, 0.29) is 11.8 Å². The zero-order chi connectivity index (χ0) is 24.8. The first-order valence-corrected chi connectivity index (χ1v) is 14.4. The minimum Gasteiger partial charge on any atom is -0.355 e. The third-order valence-electron chi connectivity index (χ3n) is 9.26. The number of piperazine rings is 1. The van der Waals surface area contributed by atoms with Gasteiger partial charge in [-0.05, 0) is 75.8 Å². The van der Waals surface area contributed by atoms with Crippen LogP contribution in [0.4, 0.5) is 0 Å². The van der Waals surface area contributed by atoms with Gasteiger partial charge in [0.05, 0.1) is 6.54 Å². The summed E-state index contributed by atoms with van der Waals surface area (Å²) in [5, 5.41) is 9.11. The number of hydrogen-bond donors (Lipinski definition) is 3. The highest BCUT2D eigenvalue weighted by molar-refractivity contribution is 5.79. The minimum atomic E-state index is 0.157. The number of carbonyl (C=O) groups excluding carboxylic acids is 2. The number of piperidine rings is 2. The molecule has 0 radical (unpaired) electrons. The molecule has 198 valence electrons. The van der Waals surface area contributed by atoms with Crippen LogP contribution in [0, 0.1) is 29.6 Å². The lowest BCUT2D eigenvalue weighted by Gasteiger charge is -2.40. The number of amides is 2. The fourth-order valence-electron chi connectivity index (χ4n) is 6.86. The van der Waals surface area contributed by atoms with E-state index in [4.69, 9.17) is 0 Å². The second-order valence-electron chi connectivity index (χ2n) is 11.9. The number of allylic oxidation sites excluding steroid dienone is 1. The number of rotatable bonds is 7. The third kappa shape index (κ3) is 7.07. The van der Waals surface area contributed by atoms with Crippen molar-refractivity contribution in [2.45, 2.75) is 71.9 Å². The average molecular weight is 489 g/mol. The van der Waals surface area contributed by atoms with E-state index in [1.165, 1.54) is 31.4 Å². The molecule has 3 heterocycles. The molecule has 3 saturated heterocycles. The molecular weight excluding hydrogens is 438 g/mol. The van der Waals surface area contributed by atoms with E-state index in [0.717, 1.165) is 65.1 Å². The largest absolute Gasteiger partial charge is 0.355 e. The van der Waals surface area contributed by atoms with Crippen LogP contribution in [0.3, 0.4) is 0 Å². The van der Waals surface area contributed by atoms with Crippen molar-refractivity contribution >= 4 is 11.8 Å². The minimum absolute atomic E-state index is 0.157. The second-order valence-corrected chi connectivity index (χ2v) is 11.9. The van der Waals surface area contributed by atoms with E-state index in [2.05, 4.69) is 52.6 Å². The molecule has 4 N–H and O–H groups in total. The maximum Gasteiger partial charge on any atom is 0.223 e. The SMILES string of the molecule is CC1=CC(CNC(=O)C2CCNCC2)C(C(C)C)CC1CC(=O)N1CCN(C2CCCC[NH2+]2)CC1. The van der Waals surface area contributed by atoms with Crippen LogP contribution in [-0.2, 0) is 9.59 Å². The summed E-state index contributed by atoms with van der Waals surface area (Å²) < 4.78 is 0. The lowest BCUT2D eigenvalue weighted by Crippen LogP contribution is -2.95. The van der Waals surface area contributed by atoms with Crippen LogP contribution < -0.4 is 16.0 Å². The summed E-state index contributed by atoms with van der Waals surface area (Å²) in [7, 11) is 0. The van der Waals surface area contributed by atoms with Gasteiger partial charge in [0.15, 0.2) is 0 Å². The Bertz CT molecular complexity index is 734. The van der Waals surface area contributed by atoms with Gasteiger partial charge >= 0.3 is 0 Å². The molecule has 1 aliphatic carbocycles. The van der Waals surface area contributed by atoms with Gasteiger partial charge in [-0.25, -0.2) is 0 Å². The number of quaternary nitrogens is 1. The molecule has 0 spiro atoms. The van der Waals surface area contributed by atoms with E-state index >= 15 is 0 Å². The fraction of sp³-hybridized carbons (Fsp3) is 0.857. The predicted molar refractivity (Wildman–Crippen MR) is 139 cm³/mol. The van der Waals surface area contributed by atoms with Crippen molar-refractivity contribution in [1.82, 2.24) is 20.4 Å². The number of nitrogens with one attached hydrogen (secondary N) is 2. The molecule has 7 nitrogen and oxygen atoms in total. The van der Waals surface area contributed by atoms with Gasteiger partial charge in [-0.3, -0.25) is 14.5 Å². The van der Waals surface area contributed by atoms with Crippen molar-refractivity contribution in [2.24, 2.45) is 29.6 Å². The molecule has 4 rings (SSSR count). The third-order valence-corrected chi connectivity index (χ3v) is 9.26. The number of nitrogens with two attached hydrogens (primary N) is 1. The van der Waals surface area contributed by atoms with Crippen molar-refractivity contribution in [2.75, 3.05) is 52.4 Å². The Morgan fingerprint density at radius 1 is 1.11 bits per heavy atom. The van der Waals surface area contributed by atoms with Gasteiger partial charge in [0.2, 0.25) is 11.8 Å². The molecule has 4 unspecified atom stereocenters. The normalized spacial score (nSPS) is 31.3. The first-order chi connectivity index (χ1) is 16.9. The van der Waals surface area contributed by atoms with E-state index in [1.807, 2.05) is 0 Å². The zero-order valence-electron chi connectivity index (χ0n) is 22.4. The molecule has 35 heavy (non-hydrogen) atoms. The molecule has 3 aliphatic heterocycles. The van der Waals surface area contributed by atoms with Crippen LogP contribution in [0.1, 0.15) is 65.7 Å². The highest BCUT2D eigenvalue weighted by Crippen LogP contribution is 2.39. The Labute approximate surface area is 212 Å². The first-order valence-electron chi connectivity index (χ1n) is 14.4. The molecule has 2 amide bonds. The summed E-state index contributed by atoms with van der Waals surface area (Å²) in [6, 6.07) is 0. The molecule has 3 fully saturated rings. The fourth-order valence-corrected chi connectivity index (χ4v) is 6.86. The molecular formula is C28H50N5O2+. The average Bonchev–Trinajstić information content (AvgIpc) is 2.89. The summed E-state index contributed by atoms with van der Waals surface area (Å²) in [6.07, 6.45) is 10.5. The maximum absolute atomic E-state index is 13.3. The van der Waals surface area contributed by atoms with Gasteiger partial charge in [0.1, 0.15) is 6.17 Å². The molecule has 0 saturated carbocycles. The highest BCUT2D eigenvalue weighted by Gasteiger charge is 2.35. The summed E-state index contributed by atoms with van der Waals surface area (Å²) in [4.78, 5) is 30.6. The molecule has 4 aliphatic rings. The number of nitrogens with zero attached hydrogens (tertiary/aromatic N) is 2. The van der Waals surface area contributed by atoms with Gasteiger partial charge in [-0.1, -0.05) is 25.5 Å². The monoisotopic (exact) mass is 488 g/mol. The van der Waals surface area contributed by atoms with Crippen LogP contribution in [0.25, 0.3) is 0 Å². The van der Waals surface area contributed by atoms with Crippen LogP contribution in [0.2, 0.25) is 0 Å². The van der Waals surface area contributed by atoms with Crippen molar-refractivity contribution in [3.05, 3.63) is 11.6 Å². The van der Waals surface area contributed by atoms with Crippen LogP contribution in [0.5, 0.6) is 0 Å². The van der Waals surface area contributed by atoms with Crippen molar-refractivity contribution in [1.29, 1.82) is 0 Å². The van der Waals surface area contributed by atoms with Crippen molar-refractivity contribution in [3.63, 3.8) is 0 Å². The summed E-state index contributed by atoms with van der Waals surface area (Å²) in [5.74, 6) is 2.44. The zero-order valence-corrected chi connectivity index (χ0v) is 22.4. The van der Waals surface area contributed by atoms with E-state index < -0.39 is 0 Å². The van der Waals surface area contributed by atoms with Gasteiger partial charge in [0.25, 0.3) is 0 Å². The molecule has 0 aromatic rings. The number of carbonyl (C=O) groups is 2. The molecule has 7 heteroatoms. The molecule has 0 bridgehead atoms. The number of hydrogen-bond acceptors (Lipinski definition) is 4. The van der Waals surface area contributed by atoms with Crippen molar-refractivity contribution in [3.8, 4) is 0 Å². The Kier molecular flexibility index (Phi) is 9.65. The van der Waals surface area contributed by atoms with Gasteiger partial charge in [0, 0.05) is 51.5 Å². The van der Waals surface area contributed by atoms with Gasteiger partial charge in [-0.2, -0.15) is 0 Å². The lowest BCUT2D eigenvalue weighted by atomic mass is 9.69. The first kappa shape index (κ1) is 26.6. The summed E-state index contributed by atoms with van der Waals surface area (Å²) in [5.41, 5.74) is 1.34. The lowest BCUT2D eigenvalue weighted by molar-refractivity contribution is -0.717. The topological polar surface area (TPSA) is 81.3 Å². The molecule has 0 aromatic heterocycles. The summed E-state index contributed by atoms with van der Waals surface area (Å²) >= 11 is 0. The second kappa shape index (κ2) is 12.7. The molecule has 0 aromatic carbocycles. The molecule has 4 atom stereocenters. The van der Waals surface area contributed by atoms with E-state index in [0.29, 0.717) is 42.2 Å². The van der Waals surface area contributed by atoms with Crippen LogP contribution in [0.15, 0.2) is 11.6 Å². The van der Waals surface area contributed by atoms with E-state index in [1.54, 1.807) is 0 Å². The van der Waals surface area contributed by atoms with E-state index in [9.17, 15) is 9.59 Å². The Morgan fingerprint density at radius 2 is 1.86 bits per heavy atom. The Balaban J connectivity index is 1.28. The Morgan fingerprint density at radius 3 is 2.51 bits per heavy atom. The van der Waals surface area contributed by atoms with Gasteiger partial charge < -0.3 is 20.9 Å². The van der Waals surface area contributed by atoms with Crippen LogP contribution in [-0.4, -0.2) is 80.1 Å². The summed E-state index contributed by atoms with van der Waals surface area (Å²) in [6.45, 7) is 14.4. The smallest absolute Gasteiger partial charge is 0.223 e.